The molecule has 0 unspecified atom stereocenters. The molecule has 120 valence electrons. The number of aryl methyl sites for hydroxylation is 1. The summed E-state index contributed by atoms with van der Waals surface area (Å²) in [6.07, 6.45) is 0. The predicted molar refractivity (Wildman–Crippen MR) is 101 cm³/mol. The van der Waals surface area contributed by atoms with E-state index >= 15 is 0 Å². The topological polar surface area (TPSA) is 89.8 Å². The van der Waals surface area contributed by atoms with Gasteiger partial charge < -0.3 is 5.73 Å². The van der Waals surface area contributed by atoms with Gasteiger partial charge in [0, 0.05) is 5.39 Å². The third-order valence-electron chi connectivity index (χ3n) is 3.32. The highest BCUT2D eigenvalue weighted by Gasteiger charge is 2.08. The van der Waals surface area contributed by atoms with E-state index in [-0.39, 0.29) is 5.96 Å². The van der Waals surface area contributed by atoms with Gasteiger partial charge in [0.15, 0.2) is 0 Å². The molecule has 0 amide bonds. The number of aromatic nitrogens is 2. The Morgan fingerprint density at radius 2 is 1.71 bits per heavy atom. The van der Waals surface area contributed by atoms with Crippen LogP contribution >= 0.6 is 12.2 Å². The van der Waals surface area contributed by atoms with E-state index in [1.807, 2.05) is 61.5 Å². The van der Waals surface area contributed by atoms with Crippen molar-refractivity contribution in [1.29, 1.82) is 0 Å². The molecule has 0 saturated carbocycles. The minimum atomic E-state index is 0.248. The molecule has 6 nitrogen and oxygen atoms in total. The second kappa shape index (κ2) is 7.01. The van der Waals surface area contributed by atoms with Crippen molar-refractivity contribution in [2.45, 2.75) is 6.92 Å². The summed E-state index contributed by atoms with van der Waals surface area (Å²) in [5.74, 6) is 0.664. The molecule has 5 N–H and O–H groups in total. The Balaban J connectivity index is 1.74. The molecule has 0 radical (unpaired) electrons. The van der Waals surface area contributed by atoms with Gasteiger partial charge in [0.1, 0.15) is 0 Å². The Labute approximate surface area is 144 Å². The van der Waals surface area contributed by atoms with Gasteiger partial charge in [-0.15, -0.1) is 0 Å². The number of benzene rings is 2. The number of nitrogens with two attached hydrogens (primary N) is 1. The zero-order valence-electron chi connectivity index (χ0n) is 13.1. The van der Waals surface area contributed by atoms with Crippen LogP contribution in [-0.2, 0) is 0 Å². The monoisotopic (exact) mass is 337 g/mol. The van der Waals surface area contributed by atoms with Crippen LogP contribution in [0.25, 0.3) is 10.9 Å². The van der Waals surface area contributed by atoms with E-state index in [9.17, 15) is 0 Å². The van der Waals surface area contributed by atoms with Gasteiger partial charge in [-0.2, -0.15) is 0 Å². The van der Waals surface area contributed by atoms with Crippen LogP contribution in [0.15, 0.2) is 54.6 Å². The summed E-state index contributed by atoms with van der Waals surface area (Å²) in [5, 5.41) is 7.35. The molecule has 0 aliphatic heterocycles. The van der Waals surface area contributed by atoms with Crippen LogP contribution in [0.3, 0.4) is 0 Å². The Morgan fingerprint density at radius 1 is 1.00 bits per heavy atom. The van der Waals surface area contributed by atoms with E-state index < -0.39 is 0 Å². The lowest BCUT2D eigenvalue weighted by Gasteiger charge is -2.05. The van der Waals surface area contributed by atoms with E-state index in [4.69, 9.17) is 18.0 Å². The molecule has 2 aromatic carbocycles. The highest BCUT2D eigenvalue weighted by molar-refractivity contribution is 7.80. The molecule has 24 heavy (non-hydrogen) atoms. The average molecular weight is 337 g/mol. The molecular formula is C17H17N6S+. The summed E-state index contributed by atoms with van der Waals surface area (Å²) in [6.45, 7) is 1.93. The maximum Gasteiger partial charge on any atom is 0.312 e. The number of anilines is 2. The molecule has 0 atom stereocenters. The van der Waals surface area contributed by atoms with Crippen molar-refractivity contribution >= 4 is 45.8 Å². The number of hydrogen-bond donors (Lipinski definition) is 4. The first kappa shape index (κ1) is 15.8. The van der Waals surface area contributed by atoms with Crippen LogP contribution in [0.5, 0.6) is 0 Å². The van der Waals surface area contributed by atoms with E-state index in [0.29, 0.717) is 11.1 Å². The molecule has 1 aromatic heterocycles. The molecule has 3 rings (SSSR count). The van der Waals surface area contributed by atoms with Crippen molar-refractivity contribution in [3.05, 3.63) is 60.3 Å². The first-order valence-electron chi connectivity index (χ1n) is 7.38. The first-order valence-corrected chi connectivity index (χ1v) is 7.78. The number of thiocarbonyl (C=S) groups is 1. The van der Waals surface area contributed by atoms with E-state index in [1.165, 1.54) is 0 Å². The summed E-state index contributed by atoms with van der Waals surface area (Å²) >= 11 is 5.23. The number of guanidine groups is 1. The second-order valence-corrected chi connectivity index (χ2v) is 5.54. The highest BCUT2D eigenvalue weighted by Crippen LogP contribution is 2.16. The van der Waals surface area contributed by atoms with Gasteiger partial charge in [-0.1, -0.05) is 36.4 Å². The standard InChI is InChI=1S/C17H16N6S/c1-11-13-9-5-6-10-14(13)21-16(19-11)22-15(18)23-17(24)20-12-7-3-2-4-8-12/h2-10H,1H3,(H4,18,19,20,21,22,23,24)/p+1. The van der Waals surface area contributed by atoms with Gasteiger partial charge in [-0.05, 0) is 37.3 Å². The SMILES string of the molecule is Cc1nc(NC(N)=[NH+]C(=S)Nc2ccccc2)nc2ccccc12. The molecular weight excluding hydrogens is 320 g/mol. The highest BCUT2D eigenvalue weighted by atomic mass is 32.1. The third-order valence-corrected chi connectivity index (χ3v) is 3.52. The van der Waals surface area contributed by atoms with Gasteiger partial charge in [0.2, 0.25) is 0 Å². The van der Waals surface area contributed by atoms with Gasteiger partial charge in [-0.25, -0.2) is 20.3 Å². The molecule has 7 heteroatoms. The van der Waals surface area contributed by atoms with Gasteiger partial charge in [0.05, 0.1) is 16.9 Å². The summed E-state index contributed by atoms with van der Waals surface area (Å²) in [6, 6.07) is 17.4. The van der Waals surface area contributed by atoms with Crippen LogP contribution in [0, 0.1) is 6.92 Å². The molecule has 0 fully saturated rings. The van der Waals surface area contributed by atoms with Crippen molar-refractivity contribution in [2.24, 2.45) is 5.73 Å². The lowest BCUT2D eigenvalue weighted by Crippen LogP contribution is -2.82. The Bertz CT molecular complexity index is 907. The maximum atomic E-state index is 5.94. The molecule has 0 bridgehead atoms. The van der Waals surface area contributed by atoms with Gasteiger partial charge in [0.25, 0.3) is 11.1 Å². The van der Waals surface area contributed by atoms with Crippen molar-refractivity contribution in [2.75, 3.05) is 10.6 Å². The van der Waals surface area contributed by atoms with Crippen molar-refractivity contribution < 1.29 is 4.99 Å². The van der Waals surface area contributed by atoms with E-state index in [1.54, 1.807) is 0 Å². The summed E-state index contributed by atoms with van der Waals surface area (Å²) in [5.41, 5.74) is 8.54. The Hall–Kier alpha value is -3.06. The van der Waals surface area contributed by atoms with E-state index in [0.717, 1.165) is 22.3 Å². The minimum Gasteiger partial charge on any atom is -0.310 e. The molecule has 1 heterocycles. The van der Waals surface area contributed by atoms with Crippen molar-refractivity contribution in [3.63, 3.8) is 0 Å². The zero-order chi connectivity index (χ0) is 16.9. The van der Waals surface area contributed by atoms with E-state index in [2.05, 4.69) is 25.6 Å². The molecule has 0 saturated heterocycles. The van der Waals surface area contributed by atoms with Gasteiger partial charge >= 0.3 is 5.96 Å². The predicted octanol–water partition coefficient (Wildman–Crippen LogP) is 1.14. The molecule has 0 aliphatic carbocycles. The van der Waals surface area contributed by atoms with Crippen LogP contribution in [0.1, 0.15) is 5.69 Å². The number of hydrogen-bond acceptors (Lipinski definition) is 3. The molecule has 0 spiro atoms. The number of nitrogens with one attached hydrogen (secondary N) is 3. The smallest absolute Gasteiger partial charge is 0.310 e. The molecule has 0 aliphatic rings. The number of fused-ring (bicyclic) bond motifs is 1. The number of nitrogens with zero attached hydrogens (tertiary/aromatic N) is 2. The van der Waals surface area contributed by atoms with Crippen LogP contribution in [0.4, 0.5) is 11.6 Å². The average Bonchev–Trinajstić information content (AvgIpc) is 2.55. The van der Waals surface area contributed by atoms with Crippen molar-refractivity contribution in [1.82, 2.24) is 9.97 Å². The second-order valence-electron chi connectivity index (χ2n) is 5.13. The number of rotatable bonds is 2. The van der Waals surface area contributed by atoms with Gasteiger partial charge in [-0.3, -0.25) is 5.32 Å². The first-order chi connectivity index (χ1) is 11.6. The lowest BCUT2D eigenvalue weighted by atomic mass is 10.2. The fourth-order valence-electron chi connectivity index (χ4n) is 2.25. The van der Waals surface area contributed by atoms with Crippen molar-refractivity contribution in [3.8, 4) is 0 Å². The quantitative estimate of drug-likeness (QED) is 0.319. The largest absolute Gasteiger partial charge is 0.312 e. The van der Waals surface area contributed by atoms with Crippen LogP contribution in [-0.4, -0.2) is 21.0 Å². The summed E-state index contributed by atoms with van der Waals surface area (Å²) in [4.78, 5) is 11.7. The summed E-state index contributed by atoms with van der Waals surface area (Å²) in [7, 11) is 0. The lowest BCUT2D eigenvalue weighted by molar-refractivity contribution is -0.311. The fourth-order valence-corrected chi connectivity index (χ4v) is 2.48. The minimum absolute atomic E-state index is 0.248. The normalized spacial score (nSPS) is 11.3. The van der Waals surface area contributed by atoms with Crippen LogP contribution in [0.2, 0.25) is 0 Å². The summed E-state index contributed by atoms with van der Waals surface area (Å²) < 4.78 is 0. The third kappa shape index (κ3) is 3.82. The molecule has 3 aromatic rings. The van der Waals surface area contributed by atoms with Crippen LogP contribution < -0.4 is 21.4 Å². The number of para-hydroxylation sites is 2. The Morgan fingerprint density at radius 3 is 2.50 bits per heavy atom. The zero-order valence-corrected chi connectivity index (χ0v) is 13.9. The Kier molecular flexibility index (Phi) is 4.62. The fraction of sp³-hybridized carbons (Fsp3) is 0.0588. The maximum absolute atomic E-state index is 5.94.